The number of hydrogen-bond acceptors (Lipinski definition) is 4. The molecule has 0 fully saturated rings. The standard InChI is InChI=1S/C8H22N8.2ClH/c9-7(10)15-5-3-13-1-2-14-4-6-16-8(11)12;;/h13-14H,1-6H2,(H4,9,10,15)(H4,11,12,16);2*1H. The van der Waals surface area contributed by atoms with Crippen LogP contribution in [0, 0.1) is 5.41 Å². The fraction of sp³-hybridized carbons (Fsp3) is 0.750. The minimum absolute atomic E-state index is 0. The van der Waals surface area contributed by atoms with Crippen molar-refractivity contribution in [3.05, 3.63) is 0 Å². The first-order valence-electron chi connectivity index (χ1n) is 5.17. The van der Waals surface area contributed by atoms with Gasteiger partial charge in [-0.2, -0.15) is 0 Å². The van der Waals surface area contributed by atoms with Crippen molar-refractivity contribution in [1.82, 2.24) is 16.0 Å². The maximum Gasteiger partial charge on any atom is 0.185 e. The second-order valence-electron chi connectivity index (χ2n) is 3.15. The molecule has 0 bridgehead atoms. The predicted octanol–water partition coefficient (Wildman–Crippen LogP) is -2.23. The van der Waals surface area contributed by atoms with Crippen molar-refractivity contribution in [1.29, 1.82) is 5.41 Å². The maximum absolute atomic E-state index is 6.92. The normalized spacial score (nSPS) is 8.67. The van der Waals surface area contributed by atoms with E-state index in [1.54, 1.807) is 0 Å². The van der Waals surface area contributed by atoms with Crippen molar-refractivity contribution in [3.8, 4) is 0 Å². The Kier molecular flexibility index (Phi) is 19.8. The molecule has 18 heavy (non-hydrogen) atoms. The van der Waals surface area contributed by atoms with Crippen molar-refractivity contribution >= 4 is 36.7 Å². The van der Waals surface area contributed by atoms with Gasteiger partial charge in [-0.3, -0.25) is 10.4 Å². The second kappa shape index (κ2) is 16.0. The van der Waals surface area contributed by atoms with Crippen LogP contribution >= 0.6 is 24.8 Å². The monoisotopic (exact) mass is 302 g/mol. The van der Waals surface area contributed by atoms with Gasteiger partial charge in [0.05, 0.1) is 6.54 Å². The van der Waals surface area contributed by atoms with Gasteiger partial charge in [0.25, 0.3) is 0 Å². The summed E-state index contributed by atoms with van der Waals surface area (Å²) in [6.45, 7) is 4.47. The Hall–Kier alpha value is -0.960. The average Bonchev–Trinajstić information content (AvgIpc) is 2.20. The topological polar surface area (TPSA) is 150 Å². The van der Waals surface area contributed by atoms with E-state index in [9.17, 15) is 0 Å². The van der Waals surface area contributed by atoms with Crippen LogP contribution in [0.25, 0.3) is 0 Å². The highest BCUT2D eigenvalue weighted by Gasteiger charge is 1.89. The Balaban J connectivity index is -0.00000112. The van der Waals surface area contributed by atoms with Crippen LogP contribution in [0.15, 0.2) is 4.99 Å². The smallest absolute Gasteiger partial charge is 0.185 e. The van der Waals surface area contributed by atoms with Gasteiger partial charge in [0.1, 0.15) is 0 Å². The van der Waals surface area contributed by atoms with Crippen molar-refractivity contribution in [2.75, 3.05) is 39.3 Å². The summed E-state index contributed by atoms with van der Waals surface area (Å²) in [4.78, 5) is 3.83. The Bertz CT molecular complexity index is 219. The number of guanidine groups is 2. The van der Waals surface area contributed by atoms with E-state index in [0.29, 0.717) is 13.1 Å². The lowest BCUT2D eigenvalue weighted by Crippen LogP contribution is -2.37. The Morgan fingerprint density at radius 3 is 1.89 bits per heavy atom. The summed E-state index contributed by atoms with van der Waals surface area (Å²) in [5.41, 5.74) is 15.4. The molecule has 0 saturated heterocycles. The second-order valence-corrected chi connectivity index (χ2v) is 3.15. The number of nitrogens with two attached hydrogens (primary N) is 3. The summed E-state index contributed by atoms with van der Waals surface area (Å²) >= 11 is 0. The number of rotatable bonds is 9. The van der Waals surface area contributed by atoms with Gasteiger partial charge in [0.2, 0.25) is 0 Å². The van der Waals surface area contributed by atoms with Gasteiger partial charge in [-0.25, -0.2) is 0 Å². The number of aliphatic imine (C=N–C) groups is 1. The van der Waals surface area contributed by atoms with Gasteiger partial charge in [-0.05, 0) is 0 Å². The molecule has 0 atom stereocenters. The van der Waals surface area contributed by atoms with E-state index >= 15 is 0 Å². The van der Waals surface area contributed by atoms with Gasteiger partial charge in [0.15, 0.2) is 11.9 Å². The van der Waals surface area contributed by atoms with Crippen LogP contribution in [-0.4, -0.2) is 51.2 Å². The molecule has 0 aliphatic carbocycles. The first kappa shape index (κ1) is 22.2. The summed E-state index contributed by atoms with van der Waals surface area (Å²) in [6.07, 6.45) is 0. The molecule has 0 amide bonds. The lowest BCUT2D eigenvalue weighted by molar-refractivity contribution is 0.610. The number of nitrogens with zero attached hydrogens (tertiary/aromatic N) is 1. The van der Waals surface area contributed by atoms with Gasteiger partial charge < -0.3 is 33.2 Å². The average molecular weight is 303 g/mol. The quantitative estimate of drug-likeness (QED) is 0.145. The van der Waals surface area contributed by atoms with Crippen LogP contribution < -0.4 is 33.2 Å². The van der Waals surface area contributed by atoms with Crippen molar-refractivity contribution < 1.29 is 0 Å². The fourth-order valence-electron chi connectivity index (χ4n) is 0.976. The molecular formula is C8H24Cl2N8. The zero-order chi connectivity index (χ0) is 12.2. The molecule has 0 aromatic heterocycles. The van der Waals surface area contributed by atoms with E-state index in [4.69, 9.17) is 22.6 Å². The molecule has 10 N–H and O–H groups in total. The van der Waals surface area contributed by atoms with E-state index in [2.05, 4.69) is 20.9 Å². The summed E-state index contributed by atoms with van der Waals surface area (Å²) in [5, 5.41) is 16.0. The van der Waals surface area contributed by atoms with Crippen molar-refractivity contribution in [2.24, 2.45) is 22.2 Å². The summed E-state index contributed by atoms with van der Waals surface area (Å²) in [7, 11) is 0. The zero-order valence-corrected chi connectivity index (χ0v) is 11.9. The molecule has 0 saturated carbocycles. The molecular weight excluding hydrogens is 279 g/mol. The molecule has 0 aliphatic rings. The molecule has 0 spiro atoms. The third-order valence-electron chi connectivity index (χ3n) is 1.68. The predicted molar refractivity (Wildman–Crippen MR) is 80.8 cm³/mol. The van der Waals surface area contributed by atoms with Crippen LogP contribution in [0.2, 0.25) is 0 Å². The van der Waals surface area contributed by atoms with Crippen LogP contribution in [0.3, 0.4) is 0 Å². The number of hydrogen-bond donors (Lipinski definition) is 7. The maximum atomic E-state index is 6.92. The zero-order valence-electron chi connectivity index (χ0n) is 10.2. The molecule has 10 heteroatoms. The highest BCUT2D eigenvalue weighted by molar-refractivity contribution is 5.85. The molecule has 0 radical (unpaired) electrons. The first-order chi connectivity index (χ1) is 7.63. The molecule has 0 aromatic rings. The summed E-state index contributed by atoms with van der Waals surface area (Å²) in [5.74, 6) is 0.118. The highest BCUT2D eigenvalue weighted by Crippen LogP contribution is 1.66. The minimum Gasteiger partial charge on any atom is -0.370 e. The van der Waals surface area contributed by atoms with E-state index in [0.717, 1.165) is 26.2 Å². The van der Waals surface area contributed by atoms with Gasteiger partial charge in [0, 0.05) is 32.7 Å². The van der Waals surface area contributed by atoms with Gasteiger partial charge in [-0.1, -0.05) is 0 Å². The lowest BCUT2D eigenvalue weighted by atomic mass is 10.5. The molecule has 0 rings (SSSR count). The first-order valence-corrected chi connectivity index (χ1v) is 5.17. The number of halogens is 2. The van der Waals surface area contributed by atoms with E-state index in [1.165, 1.54) is 0 Å². The third kappa shape index (κ3) is 20.5. The van der Waals surface area contributed by atoms with Gasteiger partial charge in [-0.15, -0.1) is 24.8 Å². The summed E-state index contributed by atoms with van der Waals surface area (Å²) in [6, 6.07) is 0. The SMILES string of the molecule is Cl.Cl.N=C(N)NCCNCCNCCN=C(N)N. The highest BCUT2D eigenvalue weighted by atomic mass is 35.5. The molecule has 0 aliphatic heterocycles. The van der Waals surface area contributed by atoms with Gasteiger partial charge >= 0.3 is 0 Å². The lowest BCUT2D eigenvalue weighted by Gasteiger charge is -2.06. The molecule has 110 valence electrons. The van der Waals surface area contributed by atoms with Crippen molar-refractivity contribution in [2.45, 2.75) is 0 Å². The minimum atomic E-state index is -0.00263. The largest absolute Gasteiger partial charge is 0.370 e. The molecule has 0 heterocycles. The van der Waals surface area contributed by atoms with Crippen LogP contribution in [0.1, 0.15) is 0 Å². The van der Waals surface area contributed by atoms with Crippen LogP contribution in [0.4, 0.5) is 0 Å². The van der Waals surface area contributed by atoms with Crippen LogP contribution in [-0.2, 0) is 0 Å². The Morgan fingerprint density at radius 2 is 1.39 bits per heavy atom. The Morgan fingerprint density at radius 1 is 0.889 bits per heavy atom. The fourth-order valence-corrected chi connectivity index (χ4v) is 0.976. The molecule has 8 nitrogen and oxygen atoms in total. The van der Waals surface area contributed by atoms with Crippen molar-refractivity contribution in [3.63, 3.8) is 0 Å². The third-order valence-corrected chi connectivity index (χ3v) is 1.68. The van der Waals surface area contributed by atoms with E-state index in [-0.39, 0.29) is 36.7 Å². The summed E-state index contributed by atoms with van der Waals surface area (Å²) < 4.78 is 0. The molecule has 0 unspecified atom stereocenters. The molecule has 0 aromatic carbocycles. The van der Waals surface area contributed by atoms with Crippen LogP contribution in [0.5, 0.6) is 0 Å². The van der Waals surface area contributed by atoms with E-state index < -0.39 is 0 Å². The number of nitrogens with one attached hydrogen (secondary N) is 4. The van der Waals surface area contributed by atoms with E-state index in [1.807, 2.05) is 0 Å². The Labute approximate surface area is 120 Å².